The van der Waals surface area contributed by atoms with Crippen LogP contribution < -0.4 is 15.5 Å². The van der Waals surface area contributed by atoms with Gasteiger partial charge in [-0.05, 0) is 41.0 Å². The van der Waals surface area contributed by atoms with E-state index in [2.05, 4.69) is 15.8 Å². The number of ether oxygens (including phenoxy) is 1. The summed E-state index contributed by atoms with van der Waals surface area (Å²) in [5, 5.41) is 6.62. The molecule has 0 aliphatic rings. The van der Waals surface area contributed by atoms with Crippen molar-refractivity contribution in [1.29, 1.82) is 0 Å². The molecule has 0 spiro atoms. The van der Waals surface area contributed by atoms with Crippen molar-refractivity contribution in [3.63, 3.8) is 0 Å². The van der Waals surface area contributed by atoms with Gasteiger partial charge >= 0.3 is 0 Å². The van der Waals surface area contributed by atoms with Gasteiger partial charge in [-0.25, -0.2) is 5.43 Å². The minimum atomic E-state index is -0.497. The van der Waals surface area contributed by atoms with Gasteiger partial charge in [0.25, 0.3) is 5.91 Å². The number of hydrazone groups is 1. The van der Waals surface area contributed by atoms with Crippen LogP contribution in [0.25, 0.3) is 0 Å². The Balaban J connectivity index is 1.58. The number of carbonyl (C=O) groups is 2. The van der Waals surface area contributed by atoms with Crippen LogP contribution >= 0.6 is 0 Å². The number of rotatable bonds is 8. The Morgan fingerprint density at radius 2 is 1.47 bits per heavy atom. The summed E-state index contributed by atoms with van der Waals surface area (Å²) >= 11 is 0. The molecule has 6 heteroatoms. The number of nitrogens with zero attached hydrogens (tertiary/aromatic N) is 1. The Labute approximate surface area is 175 Å². The van der Waals surface area contributed by atoms with Gasteiger partial charge in [-0.2, -0.15) is 5.10 Å². The van der Waals surface area contributed by atoms with Gasteiger partial charge < -0.3 is 10.1 Å². The molecular formula is C24H23N3O3. The van der Waals surface area contributed by atoms with Crippen LogP contribution in [0.2, 0.25) is 0 Å². The Morgan fingerprint density at radius 3 is 2.00 bits per heavy atom. The van der Waals surface area contributed by atoms with Crippen molar-refractivity contribution < 1.29 is 14.3 Å². The van der Waals surface area contributed by atoms with Crippen molar-refractivity contribution in [2.45, 2.75) is 5.92 Å². The van der Waals surface area contributed by atoms with E-state index >= 15 is 0 Å². The molecular weight excluding hydrogens is 378 g/mol. The molecule has 0 atom stereocenters. The molecule has 30 heavy (non-hydrogen) atoms. The second kappa shape index (κ2) is 10.6. The number of hydrogen-bond donors (Lipinski definition) is 2. The summed E-state index contributed by atoms with van der Waals surface area (Å²) in [6.07, 6.45) is 1.52. The Hall–Kier alpha value is -3.93. The summed E-state index contributed by atoms with van der Waals surface area (Å²) in [5.41, 5.74) is 4.95. The number of benzene rings is 3. The van der Waals surface area contributed by atoms with E-state index in [1.165, 1.54) is 6.21 Å². The normalized spacial score (nSPS) is 10.7. The molecule has 0 saturated carbocycles. The van der Waals surface area contributed by atoms with Crippen molar-refractivity contribution in [2.24, 2.45) is 5.10 Å². The highest BCUT2D eigenvalue weighted by molar-refractivity contribution is 5.91. The number of carbonyl (C=O) groups excluding carboxylic acids is 2. The van der Waals surface area contributed by atoms with Crippen molar-refractivity contribution >= 4 is 18.0 Å². The van der Waals surface area contributed by atoms with Crippen molar-refractivity contribution in [1.82, 2.24) is 10.7 Å². The average molecular weight is 401 g/mol. The number of amides is 2. The highest BCUT2D eigenvalue weighted by Crippen LogP contribution is 2.24. The molecule has 0 heterocycles. The summed E-state index contributed by atoms with van der Waals surface area (Å²) in [6.45, 7) is -0.172. The van der Waals surface area contributed by atoms with E-state index in [1.54, 1.807) is 19.2 Å². The molecule has 6 nitrogen and oxygen atoms in total. The molecule has 0 unspecified atom stereocenters. The highest BCUT2D eigenvalue weighted by atomic mass is 16.5. The van der Waals surface area contributed by atoms with E-state index in [1.807, 2.05) is 72.8 Å². The first-order valence-corrected chi connectivity index (χ1v) is 9.51. The quantitative estimate of drug-likeness (QED) is 0.450. The molecule has 2 N–H and O–H groups in total. The van der Waals surface area contributed by atoms with Gasteiger partial charge in [0.05, 0.1) is 25.8 Å². The SMILES string of the molecule is COc1ccc(/C=N/NC(=O)CNC(=O)C(c2ccccc2)c2ccccc2)cc1. The van der Waals surface area contributed by atoms with E-state index in [9.17, 15) is 9.59 Å². The molecule has 3 aromatic rings. The lowest BCUT2D eigenvalue weighted by Gasteiger charge is -2.17. The molecule has 2 amide bonds. The summed E-state index contributed by atoms with van der Waals surface area (Å²) < 4.78 is 5.09. The average Bonchev–Trinajstić information content (AvgIpc) is 2.80. The summed E-state index contributed by atoms with van der Waals surface area (Å²) in [5.74, 6) is -0.414. The van der Waals surface area contributed by atoms with E-state index in [-0.39, 0.29) is 12.5 Å². The van der Waals surface area contributed by atoms with Gasteiger partial charge in [-0.1, -0.05) is 60.7 Å². The zero-order valence-electron chi connectivity index (χ0n) is 16.6. The van der Waals surface area contributed by atoms with Crippen LogP contribution in [0.15, 0.2) is 90.0 Å². The summed E-state index contributed by atoms with van der Waals surface area (Å²) in [6, 6.07) is 26.2. The molecule has 0 aromatic heterocycles. The van der Waals surface area contributed by atoms with Crippen LogP contribution in [-0.4, -0.2) is 31.7 Å². The second-order valence-electron chi connectivity index (χ2n) is 6.54. The van der Waals surface area contributed by atoms with Crippen molar-refractivity contribution in [2.75, 3.05) is 13.7 Å². The van der Waals surface area contributed by atoms with E-state index in [0.717, 1.165) is 22.4 Å². The van der Waals surface area contributed by atoms with Crippen LogP contribution in [0.3, 0.4) is 0 Å². The van der Waals surface area contributed by atoms with Gasteiger partial charge in [0.1, 0.15) is 5.75 Å². The maximum Gasteiger partial charge on any atom is 0.259 e. The Bertz CT molecular complexity index is 948. The fraction of sp³-hybridized carbons (Fsp3) is 0.125. The number of methoxy groups -OCH3 is 1. The lowest BCUT2D eigenvalue weighted by Crippen LogP contribution is -2.37. The third kappa shape index (κ3) is 5.78. The topological polar surface area (TPSA) is 79.8 Å². The maximum atomic E-state index is 12.9. The van der Waals surface area contributed by atoms with Crippen molar-refractivity contribution in [3.8, 4) is 5.75 Å². The smallest absolute Gasteiger partial charge is 0.259 e. The van der Waals surface area contributed by atoms with Crippen molar-refractivity contribution in [3.05, 3.63) is 102 Å². The molecule has 0 radical (unpaired) electrons. The predicted molar refractivity (Wildman–Crippen MR) is 116 cm³/mol. The molecule has 0 bridgehead atoms. The van der Waals surface area contributed by atoms with E-state index < -0.39 is 11.8 Å². The fourth-order valence-corrected chi connectivity index (χ4v) is 2.96. The lowest BCUT2D eigenvalue weighted by atomic mass is 9.90. The monoisotopic (exact) mass is 401 g/mol. The number of nitrogens with one attached hydrogen (secondary N) is 2. The molecule has 0 saturated heterocycles. The molecule has 0 aliphatic carbocycles. The van der Waals surface area contributed by atoms with Crippen LogP contribution in [0.5, 0.6) is 5.75 Å². The zero-order valence-corrected chi connectivity index (χ0v) is 16.6. The predicted octanol–water partition coefficient (Wildman–Crippen LogP) is 3.09. The number of hydrogen-bond acceptors (Lipinski definition) is 4. The van der Waals surface area contributed by atoms with Crippen LogP contribution in [0.4, 0.5) is 0 Å². The van der Waals surface area contributed by atoms with Gasteiger partial charge in [0.2, 0.25) is 5.91 Å². The molecule has 3 aromatic carbocycles. The van der Waals surface area contributed by atoms with Gasteiger partial charge in [0, 0.05) is 0 Å². The maximum absolute atomic E-state index is 12.9. The van der Waals surface area contributed by atoms with Crippen LogP contribution in [-0.2, 0) is 9.59 Å². The third-order valence-electron chi connectivity index (χ3n) is 4.47. The molecule has 3 rings (SSSR count). The van der Waals surface area contributed by atoms with Crippen LogP contribution in [0, 0.1) is 0 Å². The Morgan fingerprint density at radius 1 is 0.900 bits per heavy atom. The van der Waals surface area contributed by atoms with E-state index in [0.29, 0.717) is 0 Å². The van der Waals surface area contributed by atoms with E-state index in [4.69, 9.17) is 4.74 Å². The summed E-state index contributed by atoms with van der Waals surface area (Å²) in [7, 11) is 1.59. The molecule has 0 aliphatic heterocycles. The zero-order chi connectivity index (χ0) is 21.2. The third-order valence-corrected chi connectivity index (χ3v) is 4.47. The minimum absolute atomic E-state index is 0.172. The standard InChI is InChI=1S/C24H23N3O3/c1-30-21-14-12-18(13-15-21)16-26-27-22(28)17-25-24(29)23(19-8-4-2-5-9-19)20-10-6-3-7-11-20/h2-16,23H,17H2,1H3,(H,25,29)(H,27,28)/b26-16+. The first kappa shape index (κ1) is 20.8. The highest BCUT2D eigenvalue weighted by Gasteiger charge is 2.22. The minimum Gasteiger partial charge on any atom is -0.497 e. The second-order valence-corrected chi connectivity index (χ2v) is 6.54. The van der Waals surface area contributed by atoms with Crippen LogP contribution in [0.1, 0.15) is 22.6 Å². The first-order chi connectivity index (χ1) is 14.7. The Kier molecular flexibility index (Phi) is 7.33. The van der Waals surface area contributed by atoms with Gasteiger partial charge in [0.15, 0.2) is 0 Å². The first-order valence-electron chi connectivity index (χ1n) is 9.51. The summed E-state index contributed by atoms with van der Waals surface area (Å²) in [4.78, 5) is 24.9. The molecule has 152 valence electrons. The fourth-order valence-electron chi connectivity index (χ4n) is 2.96. The van der Waals surface area contributed by atoms with Gasteiger partial charge in [-0.15, -0.1) is 0 Å². The van der Waals surface area contributed by atoms with Gasteiger partial charge in [-0.3, -0.25) is 9.59 Å². The molecule has 0 fully saturated rings. The largest absolute Gasteiger partial charge is 0.497 e. The lowest BCUT2D eigenvalue weighted by molar-refractivity contribution is -0.126.